The number of hydrogen-bond donors (Lipinski definition) is 6. The lowest BCUT2D eigenvalue weighted by Crippen LogP contribution is -2.74. The van der Waals surface area contributed by atoms with Gasteiger partial charge in [-0.3, -0.25) is 18.9 Å². The Kier molecular flexibility index (Phi) is 10.8. The minimum atomic E-state index is -5.11. The van der Waals surface area contributed by atoms with E-state index in [9.17, 15) is 37.3 Å². The molecule has 0 aromatic carbocycles. The molecule has 2 aromatic rings. The number of nitrogens with zero attached hydrogens (tertiary/aromatic N) is 4. The van der Waals surface area contributed by atoms with Gasteiger partial charge in [-0.15, -0.1) is 11.3 Å². The van der Waals surface area contributed by atoms with Crippen LogP contribution in [0.25, 0.3) is 5.57 Å². The normalized spacial score (nSPS) is 19.9. The van der Waals surface area contributed by atoms with E-state index in [1.54, 1.807) is 0 Å². The molecule has 0 radical (unpaired) electrons. The van der Waals surface area contributed by atoms with Crippen molar-refractivity contribution >= 4 is 61.7 Å². The molecule has 8 N–H and O–H groups in total. The van der Waals surface area contributed by atoms with Gasteiger partial charge in [0.15, 0.2) is 10.8 Å². The highest BCUT2D eigenvalue weighted by Crippen LogP contribution is 2.27. The molecule has 0 saturated carbocycles. The highest BCUT2D eigenvalue weighted by Gasteiger charge is 2.54. The van der Waals surface area contributed by atoms with Gasteiger partial charge >= 0.3 is 16.3 Å². The number of hydrogen-bond acceptors (Lipinski definition) is 14. The van der Waals surface area contributed by atoms with Crippen molar-refractivity contribution in [1.82, 2.24) is 25.1 Å². The number of nitrogen functional groups attached to an aromatic ring is 1. The molecule has 2 aliphatic rings. The number of aromatic nitrogens is 2. The van der Waals surface area contributed by atoms with Crippen molar-refractivity contribution in [3.63, 3.8) is 0 Å². The minimum Gasteiger partial charge on any atom is -0.478 e. The second-order valence-electron chi connectivity index (χ2n) is 11.2. The van der Waals surface area contributed by atoms with E-state index in [1.807, 2.05) is 31.2 Å². The number of oxime groups is 1. The summed E-state index contributed by atoms with van der Waals surface area (Å²) in [5.74, 6) is -4.65. The molecule has 3 atom stereocenters. The third-order valence-electron chi connectivity index (χ3n) is 7.36. The zero-order chi connectivity index (χ0) is 35.4. The average molecular weight is 707 g/mol. The predicted molar refractivity (Wildman–Crippen MR) is 171 cm³/mol. The number of carbonyl (C=O) groups is 4. The summed E-state index contributed by atoms with van der Waals surface area (Å²) in [4.78, 5) is 59.4. The highest BCUT2D eigenvalue weighted by molar-refractivity contribution is 7.84. The van der Waals surface area contributed by atoms with Crippen molar-refractivity contribution in [3.8, 4) is 0 Å². The van der Waals surface area contributed by atoms with Gasteiger partial charge < -0.3 is 36.6 Å². The van der Waals surface area contributed by atoms with E-state index >= 15 is 0 Å². The zero-order valence-corrected chi connectivity index (χ0v) is 27.6. The minimum absolute atomic E-state index is 0.0288. The lowest BCUT2D eigenvalue weighted by molar-refractivity contribution is -0.161. The topological polar surface area (TPSA) is 283 Å². The van der Waals surface area contributed by atoms with Crippen LogP contribution in [0.5, 0.6) is 0 Å². The van der Waals surface area contributed by atoms with Gasteiger partial charge in [-0.05, 0) is 39.2 Å². The van der Waals surface area contributed by atoms with Crippen molar-refractivity contribution in [2.45, 2.75) is 51.3 Å². The molecule has 3 amide bonds. The first kappa shape index (κ1) is 35.9. The summed E-state index contributed by atoms with van der Waals surface area (Å²) in [5.41, 5.74) is 10.9. The Morgan fingerprint density at radius 1 is 1.27 bits per heavy atom. The van der Waals surface area contributed by atoms with E-state index in [-0.39, 0.29) is 26.8 Å². The van der Waals surface area contributed by atoms with Gasteiger partial charge in [-0.2, -0.15) is 8.42 Å². The molecular formula is C28H34N8O10S2. The van der Waals surface area contributed by atoms with Gasteiger partial charge in [0.05, 0.1) is 6.04 Å². The van der Waals surface area contributed by atoms with Crippen LogP contribution in [-0.2, 0) is 29.5 Å². The first-order chi connectivity index (χ1) is 22.5. The number of aliphatic carboxylic acids is 1. The maximum Gasteiger partial charge on any atom is 0.362 e. The second kappa shape index (κ2) is 14.5. The Hall–Kier alpha value is -4.92. The number of nitrogens with one attached hydrogen (secondary N) is 2. The fraction of sp³-hybridized carbons (Fsp3) is 0.393. The largest absolute Gasteiger partial charge is 0.478 e. The number of amides is 3. The smallest absolute Gasteiger partial charge is 0.362 e. The molecule has 0 spiro atoms. The van der Waals surface area contributed by atoms with Gasteiger partial charge in [0.1, 0.15) is 17.4 Å². The van der Waals surface area contributed by atoms with E-state index in [0.29, 0.717) is 17.8 Å². The third-order valence-corrected chi connectivity index (χ3v) is 8.98. The number of β-lactam (4-membered cyclic amide) rings is 1. The summed E-state index contributed by atoms with van der Waals surface area (Å²) < 4.78 is 38.9. The maximum atomic E-state index is 13.3. The van der Waals surface area contributed by atoms with E-state index < -0.39 is 63.9 Å². The van der Waals surface area contributed by atoms with Crippen molar-refractivity contribution in [2.75, 3.05) is 18.8 Å². The Bertz CT molecular complexity index is 1830. The molecule has 3 heterocycles. The number of carboxylic acid groups (broad SMARTS) is 1. The monoisotopic (exact) mass is 706 g/mol. The molecular weight excluding hydrogens is 672 g/mol. The number of carbonyl (C=O) groups excluding carboxylic acids is 3. The molecule has 2 aromatic heterocycles. The molecule has 1 aliphatic heterocycles. The summed E-state index contributed by atoms with van der Waals surface area (Å²) in [6.07, 6.45) is 9.30. The third kappa shape index (κ3) is 8.13. The lowest BCUT2D eigenvalue weighted by Gasteiger charge is -2.44. The quantitative estimate of drug-likeness (QED) is 0.0675. The summed E-state index contributed by atoms with van der Waals surface area (Å²) >= 11 is 0.928. The van der Waals surface area contributed by atoms with Gasteiger partial charge in [0.25, 0.3) is 17.7 Å². The van der Waals surface area contributed by atoms with E-state index in [0.717, 1.165) is 24.2 Å². The van der Waals surface area contributed by atoms with Crippen LogP contribution in [0.1, 0.15) is 55.6 Å². The molecule has 0 bridgehead atoms. The van der Waals surface area contributed by atoms with Crippen molar-refractivity contribution < 1.29 is 46.6 Å². The summed E-state index contributed by atoms with van der Waals surface area (Å²) in [6, 6.07) is -1.71. The Labute approximate surface area is 278 Å². The van der Waals surface area contributed by atoms with Crippen LogP contribution in [0, 0.1) is 5.92 Å². The Balaban J connectivity index is 1.50. The van der Waals surface area contributed by atoms with Gasteiger partial charge in [0.2, 0.25) is 11.4 Å². The molecule has 48 heavy (non-hydrogen) atoms. The summed E-state index contributed by atoms with van der Waals surface area (Å²) in [6.45, 7) is 4.38. The van der Waals surface area contributed by atoms with Crippen molar-refractivity contribution in [2.24, 2.45) is 16.8 Å². The zero-order valence-electron chi connectivity index (χ0n) is 25.9. The molecule has 258 valence electrons. The summed E-state index contributed by atoms with van der Waals surface area (Å²) in [5, 5.41) is 22.9. The van der Waals surface area contributed by atoms with Crippen molar-refractivity contribution in [3.05, 3.63) is 58.5 Å². The number of rotatable bonds is 14. The first-order valence-corrected chi connectivity index (χ1v) is 16.7. The molecule has 1 saturated heterocycles. The SMILES string of the molecule is CC1C=CC(c2cc(C(=O)NC[C@@H]3[C@H](NC(=O)/C(=N\OC(C)(C)C(=O)O)c4csc(N)n4)C(=O)N3S(=O)(=O)O)on2)=CC=C1CCCN. The van der Waals surface area contributed by atoms with E-state index in [1.165, 1.54) is 30.9 Å². The fourth-order valence-corrected chi connectivity index (χ4v) is 5.96. The van der Waals surface area contributed by atoms with Gasteiger partial charge in [-0.25, -0.2) is 14.1 Å². The van der Waals surface area contributed by atoms with Crippen LogP contribution in [0.2, 0.25) is 0 Å². The van der Waals surface area contributed by atoms with Crippen LogP contribution in [-0.4, -0.2) is 92.7 Å². The number of allylic oxidation sites excluding steroid dienone is 6. The average Bonchev–Trinajstić information content (AvgIpc) is 3.63. The molecule has 4 rings (SSSR count). The first-order valence-electron chi connectivity index (χ1n) is 14.4. The lowest BCUT2D eigenvalue weighted by atomic mass is 9.97. The number of carboxylic acids is 1. The Morgan fingerprint density at radius 3 is 2.62 bits per heavy atom. The molecule has 18 nitrogen and oxygen atoms in total. The van der Waals surface area contributed by atoms with Crippen LogP contribution < -0.4 is 22.1 Å². The predicted octanol–water partition coefficient (Wildman–Crippen LogP) is 0.480. The number of anilines is 1. The molecule has 20 heteroatoms. The van der Waals surface area contributed by atoms with Crippen LogP contribution in [0.3, 0.4) is 0 Å². The van der Waals surface area contributed by atoms with Gasteiger partial charge in [-0.1, -0.05) is 47.1 Å². The fourth-order valence-electron chi connectivity index (χ4n) is 4.54. The molecule has 1 aliphatic carbocycles. The van der Waals surface area contributed by atoms with Crippen molar-refractivity contribution in [1.29, 1.82) is 0 Å². The molecule has 1 fully saturated rings. The summed E-state index contributed by atoms with van der Waals surface area (Å²) in [7, 11) is -5.11. The van der Waals surface area contributed by atoms with Crippen LogP contribution in [0.4, 0.5) is 5.13 Å². The number of nitrogens with two attached hydrogens (primary N) is 2. The van der Waals surface area contributed by atoms with E-state index in [4.69, 9.17) is 20.8 Å². The van der Waals surface area contributed by atoms with Gasteiger partial charge in [0, 0.05) is 23.6 Å². The highest BCUT2D eigenvalue weighted by atomic mass is 32.2. The van der Waals surface area contributed by atoms with Crippen LogP contribution in [0.15, 0.2) is 51.0 Å². The van der Waals surface area contributed by atoms with Crippen LogP contribution >= 0.6 is 11.3 Å². The maximum absolute atomic E-state index is 13.3. The Morgan fingerprint density at radius 2 is 2.00 bits per heavy atom. The standard InChI is InChI=1S/C28H34N8O10S2/c1-14-6-7-16(9-8-15(14)5-4-10-29)17-11-20(45-34-17)23(37)31-12-19-22(25(39)36(19)48(42,43)44)33-24(38)21(18-13-47-27(30)32-18)35-46-28(2,3)26(40)41/h6-9,11,13-14,19,22H,4-5,10,12,29H2,1-3H3,(H2,30,32)(H,31,37)(H,33,38)(H,40,41)(H,42,43,44)/b35-21-/t14?,19-,22+/m1/s1. The molecule has 1 unspecified atom stereocenters. The van der Waals surface area contributed by atoms with E-state index in [2.05, 4.69) is 25.9 Å². The second-order valence-corrected chi connectivity index (χ2v) is 13.4. The number of thiazole rings is 1.